The third kappa shape index (κ3) is 6.56. The second kappa shape index (κ2) is 11.7. The van der Waals surface area contributed by atoms with E-state index in [0.29, 0.717) is 18.1 Å². The van der Waals surface area contributed by atoms with Crippen molar-refractivity contribution < 1.29 is 0 Å². The fourth-order valence-corrected chi connectivity index (χ4v) is 5.15. The molecular formula is C22H41N7S. The van der Waals surface area contributed by atoms with Crippen molar-refractivity contribution in [3.63, 3.8) is 0 Å². The number of hydrazine groups is 2. The van der Waals surface area contributed by atoms with Gasteiger partial charge < -0.3 is 16.0 Å². The largest absolute Gasteiger partial charge is 0.382 e. The van der Waals surface area contributed by atoms with Gasteiger partial charge in [0.15, 0.2) is 0 Å². The molecule has 3 rings (SSSR count). The number of nitrogens with two attached hydrogens (primary N) is 2. The van der Waals surface area contributed by atoms with E-state index in [-0.39, 0.29) is 6.17 Å². The lowest BCUT2D eigenvalue weighted by atomic mass is 9.95. The maximum Gasteiger partial charge on any atom is 0.0974 e. The summed E-state index contributed by atoms with van der Waals surface area (Å²) in [5.74, 6) is 6.43. The Morgan fingerprint density at radius 3 is 2.43 bits per heavy atom. The predicted octanol–water partition coefficient (Wildman–Crippen LogP) is 3.17. The molecule has 0 spiro atoms. The third-order valence-corrected chi connectivity index (χ3v) is 7.15. The van der Waals surface area contributed by atoms with Gasteiger partial charge in [0.05, 0.1) is 6.17 Å². The van der Waals surface area contributed by atoms with E-state index in [1.807, 2.05) is 7.05 Å². The van der Waals surface area contributed by atoms with Crippen LogP contribution in [0.5, 0.6) is 0 Å². The summed E-state index contributed by atoms with van der Waals surface area (Å²) in [5, 5.41) is 5.51. The lowest BCUT2D eigenvalue weighted by Crippen LogP contribution is -2.57. The summed E-state index contributed by atoms with van der Waals surface area (Å²) in [4.78, 5) is 3.65. The third-order valence-electron chi connectivity index (χ3n) is 6.45. The van der Waals surface area contributed by atoms with Crippen LogP contribution in [0.1, 0.15) is 70.5 Å². The van der Waals surface area contributed by atoms with E-state index < -0.39 is 0 Å². The van der Waals surface area contributed by atoms with Gasteiger partial charge in [-0.3, -0.25) is 10.6 Å². The van der Waals surface area contributed by atoms with E-state index in [2.05, 4.69) is 52.4 Å². The first-order valence-corrected chi connectivity index (χ1v) is 12.3. The van der Waals surface area contributed by atoms with Crippen molar-refractivity contribution in [2.24, 2.45) is 11.6 Å². The van der Waals surface area contributed by atoms with Gasteiger partial charge in [0.1, 0.15) is 0 Å². The average molecular weight is 436 g/mol. The highest BCUT2D eigenvalue weighted by atomic mass is 32.2. The van der Waals surface area contributed by atoms with Crippen LogP contribution in [0, 0.1) is 0 Å². The molecule has 2 fully saturated rings. The van der Waals surface area contributed by atoms with Crippen LogP contribution >= 0.6 is 11.9 Å². The molecule has 0 aromatic heterocycles. The maximum atomic E-state index is 6.64. The van der Waals surface area contributed by atoms with Crippen molar-refractivity contribution in [3.8, 4) is 0 Å². The first-order valence-electron chi connectivity index (χ1n) is 11.5. The van der Waals surface area contributed by atoms with Crippen LogP contribution in [-0.4, -0.2) is 48.3 Å². The fourth-order valence-electron chi connectivity index (χ4n) is 4.59. The van der Waals surface area contributed by atoms with Crippen molar-refractivity contribution in [1.29, 1.82) is 0 Å². The van der Waals surface area contributed by atoms with Crippen molar-refractivity contribution in [2.75, 3.05) is 25.5 Å². The van der Waals surface area contributed by atoms with Gasteiger partial charge in [-0.2, -0.15) is 5.12 Å². The highest BCUT2D eigenvalue weighted by Crippen LogP contribution is 2.29. The molecule has 1 aromatic rings. The first kappa shape index (κ1) is 23.8. The van der Waals surface area contributed by atoms with Crippen LogP contribution < -0.4 is 27.0 Å². The fraction of sp³-hybridized carbons (Fsp3) is 0.727. The highest BCUT2D eigenvalue weighted by molar-refractivity contribution is 7.97. The van der Waals surface area contributed by atoms with E-state index in [0.717, 1.165) is 42.1 Å². The van der Waals surface area contributed by atoms with E-state index in [4.69, 9.17) is 11.6 Å². The lowest BCUT2D eigenvalue weighted by molar-refractivity contribution is 0.0438. The zero-order chi connectivity index (χ0) is 21.5. The summed E-state index contributed by atoms with van der Waals surface area (Å²) >= 11 is 1.60. The molecule has 1 aromatic carbocycles. The molecule has 1 aliphatic heterocycles. The standard InChI is InChI=1S/C22H41N7S/c1-16(2)28-13-11-18(12-14-28)29(24)27-22(23)20-15-19(30-25-3)9-10-21(20)26-17-7-5-4-6-8-17/h9-10,15-18,22,25-27H,4-8,11-14,23-24H2,1-3H3. The summed E-state index contributed by atoms with van der Waals surface area (Å²) < 4.78 is 3.15. The summed E-state index contributed by atoms with van der Waals surface area (Å²) in [6, 6.07) is 7.89. The Labute approximate surface area is 186 Å². The summed E-state index contributed by atoms with van der Waals surface area (Å²) in [5.41, 5.74) is 12.2. The molecule has 0 amide bonds. The topological polar surface area (TPSA) is 94.6 Å². The van der Waals surface area contributed by atoms with E-state index in [9.17, 15) is 0 Å². The van der Waals surface area contributed by atoms with Gasteiger partial charge >= 0.3 is 0 Å². The number of hydrogen-bond acceptors (Lipinski definition) is 8. The van der Waals surface area contributed by atoms with Crippen molar-refractivity contribution in [2.45, 2.75) is 88.0 Å². The Morgan fingerprint density at radius 2 is 1.80 bits per heavy atom. The molecule has 0 bridgehead atoms. The van der Waals surface area contributed by atoms with Crippen LogP contribution in [0.4, 0.5) is 5.69 Å². The smallest absolute Gasteiger partial charge is 0.0974 e. The molecule has 0 radical (unpaired) electrons. The van der Waals surface area contributed by atoms with Gasteiger partial charge in [-0.05, 0) is 76.7 Å². The maximum absolute atomic E-state index is 6.64. The van der Waals surface area contributed by atoms with Crippen LogP contribution in [0.25, 0.3) is 0 Å². The molecule has 1 aliphatic carbocycles. The van der Waals surface area contributed by atoms with E-state index >= 15 is 0 Å². The molecule has 1 unspecified atom stereocenters. The lowest BCUT2D eigenvalue weighted by Gasteiger charge is -2.39. The number of nitrogens with zero attached hydrogens (tertiary/aromatic N) is 2. The summed E-state index contributed by atoms with van der Waals surface area (Å²) in [6.45, 7) is 6.67. The molecule has 7 nitrogen and oxygen atoms in total. The zero-order valence-corrected chi connectivity index (χ0v) is 19.7. The predicted molar refractivity (Wildman–Crippen MR) is 128 cm³/mol. The van der Waals surface area contributed by atoms with E-state index in [1.54, 1.807) is 17.1 Å². The van der Waals surface area contributed by atoms with Crippen LogP contribution in [0.2, 0.25) is 0 Å². The number of nitrogens with one attached hydrogen (secondary N) is 3. The Balaban J connectivity index is 1.66. The van der Waals surface area contributed by atoms with Gasteiger partial charge in [-0.1, -0.05) is 19.3 Å². The number of piperidine rings is 1. The minimum absolute atomic E-state index is 0.302. The molecule has 30 heavy (non-hydrogen) atoms. The van der Waals surface area contributed by atoms with Crippen molar-refractivity contribution in [1.82, 2.24) is 20.2 Å². The van der Waals surface area contributed by atoms with E-state index in [1.165, 1.54) is 32.1 Å². The number of hydrogen-bond donors (Lipinski definition) is 5. The molecule has 1 heterocycles. The molecule has 1 saturated heterocycles. The highest BCUT2D eigenvalue weighted by Gasteiger charge is 2.26. The van der Waals surface area contributed by atoms with Gasteiger partial charge in [0, 0.05) is 47.4 Å². The number of anilines is 1. The molecular weight excluding hydrogens is 394 g/mol. The first-order chi connectivity index (χ1) is 14.5. The van der Waals surface area contributed by atoms with Crippen LogP contribution in [-0.2, 0) is 0 Å². The second-order valence-corrected chi connectivity index (χ2v) is 9.99. The normalized spacial score (nSPS) is 20.8. The molecule has 1 atom stereocenters. The monoisotopic (exact) mass is 435 g/mol. The molecule has 2 aliphatic rings. The zero-order valence-electron chi connectivity index (χ0n) is 18.9. The Morgan fingerprint density at radius 1 is 1.10 bits per heavy atom. The SMILES string of the molecule is CNSc1ccc(NC2CCCCC2)c(C(N)NN(N)C2CCN(C(C)C)CC2)c1. The molecule has 170 valence electrons. The van der Waals surface area contributed by atoms with Crippen molar-refractivity contribution in [3.05, 3.63) is 23.8 Å². The van der Waals surface area contributed by atoms with Gasteiger partial charge in [0.2, 0.25) is 0 Å². The Bertz CT molecular complexity index is 642. The van der Waals surface area contributed by atoms with Crippen molar-refractivity contribution >= 4 is 17.6 Å². The quantitative estimate of drug-likeness (QED) is 0.175. The Hall–Kier alpha value is -0.870. The Kier molecular flexibility index (Phi) is 9.25. The molecule has 1 saturated carbocycles. The molecule has 7 N–H and O–H groups in total. The van der Waals surface area contributed by atoms with Gasteiger partial charge in [-0.25, -0.2) is 5.43 Å². The number of likely N-dealkylation sites (tertiary alicyclic amines) is 1. The van der Waals surface area contributed by atoms with Crippen LogP contribution in [0.3, 0.4) is 0 Å². The molecule has 8 heteroatoms. The van der Waals surface area contributed by atoms with Gasteiger partial charge in [0.25, 0.3) is 0 Å². The number of benzene rings is 1. The summed E-state index contributed by atoms with van der Waals surface area (Å²) in [7, 11) is 1.93. The number of rotatable bonds is 9. The second-order valence-electron chi connectivity index (χ2n) is 8.91. The van der Waals surface area contributed by atoms with Gasteiger partial charge in [-0.15, -0.1) is 0 Å². The van der Waals surface area contributed by atoms with Crippen LogP contribution in [0.15, 0.2) is 23.1 Å². The summed E-state index contributed by atoms with van der Waals surface area (Å²) in [6.07, 6.45) is 8.16. The minimum atomic E-state index is -0.360. The average Bonchev–Trinajstić information content (AvgIpc) is 2.75. The minimum Gasteiger partial charge on any atom is -0.382 e.